The van der Waals surface area contributed by atoms with E-state index in [-0.39, 0.29) is 18.7 Å². The van der Waals surface area contributed by atoms with Crippen molar-refractivity contribution in [2.75, 3.05) is 13.2 Å². The Balaban J connectivity index is 1.82. The van der Waals surface area contributed by atoms with Crippen molar-refractivity contribution in [1.29, 1.82) is 0 Å². The van der Waals surface area contributed by atoms with Crippen molar-refractivity contribution in [2.24, 2.45) is 0 Å². The van der Waals surface area contributed by atoms with Crippen molar-refractivity contribution in [1.82, 2.24) is 8.61 Å². The summed E-state index contributed by atoms with van der Waals surface area (Å²) in [5.41, 5.74) is 1.05. The van der Waals surface area contributed by atoms with E-state index in [0.29, 0.717) is 13.1 Å². The Hall–Kier alpha value is -0.470. The first-order valence-electron chi connectivity index (χ1n) is 7.53. The molecule has 1 atom stereocenters. The van der Waals surface area contributed by atoms with E-state index in [4.69, 9.17) is 0 Å². The Morgan fingerprint density at radius 1 is 1.33 bits per heavy atom. The van der Waals surface area contributed by atoms with Gasteiger partial charge in [-0.2, -0.15) is 28.4 Å². The number of thiophene rings is 1. The summed E-state index contributed by atoms with van der Waals surface area (Å²) in [4.78, 5) is 0. The molecule has 1 N–H and O–H groups in total. The molecule has 1 aromatic heterocycles. The summed E-state index contributed by atoms with van der Waals surface area (Å²) in [5, 5.41) is 13.5. The molecule has 1 unspecified atom stereocenters. The molecule has 5 nitrogen and oxygen atoms in total. The van der Waals surface area contributed by atoms with Gasteiger partial charge < -0.3 is 5.11 Å². The average molecular weight is 330 g/mol. The third-order valence-electron chi connectivity index (χ3n) is 4.25. The molecule has 0 aromatic carbocycles. The molecule has 2 aliphatic rings. The summed E-state index contributed by atoms with van der Waals surface area (Å²) in [7, 11) is -3.49. The second kappa shape index (κ2) is 6.34. The summed E-state index contributed by atoms with van der Waals surface area (Å²) in [5.74, 6) is 0. The van der Waals surface area contributed by atoms with Gasteiger partial charge in [0.2, 0.25) is 0 Å². The highest BCUT2D eigenvalue weighted by atomic mass is 32.2. The minimum Gasteiger partial charge on any atom is -0.395 e. The van der Waals surface area contributed by atoms with Crippen LogP contribution in [-0.4, -0.2) is 47.4 Å². The largest absolute Gasteiger partial charge is 0.395 e. The second-order valence-corrected chi connectivity index (χ2v) is 8.47. The SMILES string of the molecule is O=S(=O)(N1CCCCC1CO)N(Cc1ccsc1)C1CC1. The van der Waals surface area contributed by atoms with E-state index >= 15 is 0 Å². The molecule has 21 heavy (non-hydrogen) atoms. The van der Waals surface area contributed by atoms with Crippen LogP contribution in [0.25, 0.3) is 0 Å². The minimum atomic E-state index is -3.49. The zero-order valence-corrected chi connectivity index (χ0v) is 13.7. The molecule has 3 rings (SSSR count). The minimum absolute atomic E-state index is 0.0871. The smallest absolute Gasteiger partial charge is 0.282 e. The molecular weight excluding hydrogens is 308 g/mol. The number of aliphatic hydroxyl groups is 1. The lowest BCUT2D eigenvalue weighted by atomic mass is 10.1. The van der Waals surface area contributed by atoms with Crippen LogP contribution in [0.2, 0.25) is 0 Å². The van der Waals surface area contributed by atoms with E-state index in [1.54, 1.807) is 15.6 Å². The molecule has 118 valence electrons. The zero-order valence-electron chi connectivity index (χ0n) is 12.0. The Labute approximate surface area is 130 Å². The van der Waals surface area contributed by atoms with Crippen LogP contribution in [-0.2, 0) is 16.8 Å². The zero-order chi connectivity index (χ0) is 14.9. The van der Waals surface area contributed by atoms with Crippen molar-refractivity contribution in [3.05, 3.63) is 22.4 Å². The Morgan fingerprint density at radius 3 is 2.76 bits per heavy atom. The van der Waals surface area contributed by atoms with Gasteiger partial charge in [0, 0.05) is 25.2 Å². The first-order valence-corrected chi connectivity index (χ1v) is 9.87. The van der Waals surface area contributed by atoms with E-state index in [9.17, 15) is 13.5 Å². The van der Waals surface area contributed by atoms with Gasteiger partial charge in [-0.1, -0.05) is 6.42 Å². The Morgan fingerprint density at radius 2 is 2.14 bits per heavy atom. The Bertz CT molecular complexity index is 555. The monoisotopic (exact) mass is 330 g/mol. The van der Waals surface area contributed by atoms with Gasteiger partial charge in [-0.05, 0) is 48.1 Å². The fourth-order valence-corrected chi connectivity index (χ4v) is 5.66. The molecule has 0 radical (unpaired) electrons. The molecular formula is C14H22N2O3S2. The number of nitrogens with zero attached hydrogens (tertiary/aromatic N) is 2. The number of hydrogen-bond donors (Lipinski definition) is 1. The van der Waals surface area contributed by atoms with Gasteiger partial charge >= 0.3 is 0 Å². The van der Waals surface area contributed by atoms with E-state index < -0.39 is 10.2 Å². The molecule has 2 fully saturated rings. The second-order valence-electron chi connectivity index (χ2n) is 5.86. The first-order chi connectivity index (χ1) is 10.1. The Kier molecular flexibility index (Phi) is 4.66. The summed E-state index contributed by atoms with van der Waals surface area (Å²) >= 11 is 1.59. The van der Waals surface area contributed by atoms with Crippen molar-refractivity contribution in [3.63, 3.8) is 0 Å². The van der Waals surface area contributed by atoms with Crippen LogP contribution in [0.1, 0.15) is 37.7 Å². The fraction of sp³-hybridized carbons (Fsp3) is 0.714. The van der Waals surface area contributed by atoms with Crippen LogP contribution in [0.4, 0.5) is 0 Å². The standard InChI is InChI=1S/C14H22N2O3S2/c17-10-14-3-1-2-7-15(14)21(18,19)16(13-4-5-13)9-12-6-8-20-11-12/h6,8,11,13-14,17H,1-5,7,9-10H2. The van der Waals surface area contributed by atoms with E-state index in [1.807, 2.05) is 16.8 Å². The average Bonchev–Trinajstić information content (AvgIpc) is 3.20. The van der Waals surface area contributed by atoms with Gasteiger partial charge in [0.1, 0.15) is 0 Å². The maximum Gasteiger partial charge on any atom is 0.282 e. The quantitative estimate of drug-likeness (QED) is 0.865. The highest BCUT2D eigenvalue weighted by Gasteiger charge is 2.43. The van der Waals surface area contributed by atoms with Crippen LogP contribution >= 0.6 is 11.3 Å². The number of rotatable bonds is 6. The molecule has 1 aliphatic carbocycles. The topological polar surface area (TPSA) is 60.9 Å². The summed E-state index contributed by atoms with van der Waals surface area (Å²) in [6.45, 7) is 0.891. The van der Waals surface area contributed by atoms with Crippen LogP contribution in [0.5, 0.6) is 0 Å². The van der Waals surface area contributed by atoms with Gasteiger partial charge in [-0.3, -0.25) is 0 Å². The molecule has 0 bridgehead atoms. The van der Waals surface area contributed by atoms with E-state index in [2.05, 4.69) is 0 Å². The van der Waals surface area contributed by atoms with E-state index in [1.165, 1.54) is 4.31 Å². The maximum absolute atomic E-state index is 13.0. The molecule has 0 amide bonds. The molecule has 1 saturated heterocycles. The van der Waals surface area contributed by atoms with Crippen LogP contribution < -0.4 is 0 Å². The summed E-state index contributed by atoms with van der Waals surface area (Å²) in [6, 6.07) is 1.86. The van der Waals surface area contributed by atoms with E-state index in [0.717, 1.165) is 37.7 Å². The maximum atomic E-state index is 13.0. The number of piperidine rings is 1. The third kappa shape index (κ3) is 3.32. The predicted octanol–water partition coefficient (Wildman–Crippen LogP) is 1.80. The van der Waals surface area contributed by atoms with Gasteiger partial charge in [0.25, 0.3) is 10.2 Å². The van der Waals surface area contributed by atoms with Gasteiger partial charge in [0.05, 0.1) is 6.61 Å². The van der Waals surface area contributed by atoms with Crippen molar-refractivity contribution in [2.45, 2.75) is 50.7 Å². The normalized spacial score (nSPS) is 24.6. The summed E-state index contributed by atoms with van der Waals surface area (Å²) < 4.78 is 29.2. The lowest BCUT2D eigenvalue weighted by molar-refractivity contribution is 0.146. The lowest BCUT2D eigenvalue weighted by Gasteiger charge is -2.37. The number of aliphatic hydroxyl groups excluding tert-OH is 1. The molecule has 1 aliphatic heterocycles. The molecule has 2 heterocycles. The van der Waals surface area contributed by atoms with Gasteiger partial charge in [0.15, 0.2) is 0 Å². The number of hydrogen-bond acceptors (Lipinski definition) is 4. The predicted molar refractivity (Wildman–Crippen MR) is 83.2 cm³/mol. The first kappa shape index (κ1) is 15.4. The van der Waals surface area contributed by atoms with Gasteiger partial charge in [-0.15, -0.1) is 0 Å². The molecule has 1 saturated carbocycles. The van der Waals surface area contributed by atoms with Crippen molar-refractivity contribution >= 4 is 21.5 Å². The highest BCUT2D eigenvalue weighted by Crippen LogP contribution is 2.34. The molecule has 7 heteroatoms. The third-order valence-corrected chi connectivity index (χ3v) is 7.07. The van der Waals surface area contributed by atoms with Crippen LogP contribution in [0, 0.1) is 0 Å². The molecule has 1 aromatic rings. The van der Waals surface area contributed by atoms with Crippen molar-refractivity contribution in [3.8, 4) is 0 Å². The van der Waals surface area contributed by atoms with Gasteiger partial charge in [-0.25, -0.2) is 0 Å². The highest BCUT2D eigenvalue weighted by molar-refractivity contribution is 7.86. The van der Waals surface area contributed by atoms with Crippen molar-refractivity contribution < 1.29 is 13.5 Å². The lowest BCUT2D eigenvalue weighted by Crippen LogP contribution is -2.52. The molecule has 0 spiro atoms. The van der Waals surface area contributed by atoms with Crippen LogP contribution in [0.15, 0.2) is 16.8 Å². The summed E-state index contributed by atoms with van der Waals surface area (Å²) in [6.07, 6.45) is 4.52. The van der Waals surface area contributed by atoms with Crippen LogP contribution in [0.3, 0.4) is 0 Å². The fourth-order valence-electron chi connectivity index (χ4n) is 2.92.